The highest BCUT2D eigenvalue weighted by atomic mass is 19.4. The number of carbonyl (C=O) groups is 2. The van der Waals surface area contributed by atoms with E-state index in [1.165, 1.54) is 17.0 Å². The van der Waals surface area contributed by atoms with Crippen molar-refractivity contribution in [1.82, 2.24) is 4.90 Å². The van der Waals surface area contributed by atoms with Gasteiger partial charge in [-0.05, 0) is 24.1 Å². The number of alkyl halides is 3. The molecular weight excluding hydrogens is 319 g/mol. The van der Waals surface area contributed by atoms with Crippen molar-refractivity contribution in [2.75, 3.05) is 13.6 Å². The third-order valence-electron chi connectivity index (χ3n) is 3.58. The molecular formula is C18H16F3NO2. The molecule has 0 atom stereocenters. The summed E-state index contributed by atoms with van der Waals surface area (Å²) < 4.78 is 37.1. The van der Waals surface area contributed by atoms with Crippen LogP contribution in [0.3, 0.4) is 0 Å². The Balaban J connectivity index is 2.00. The Hall–Kier alpha value is -2.63. The van der Waals surface area contributed by atoms with E-state index < -0.39 is 17.5 Å². The van der Waals surface area contributed by atoms with Gasteiger partial charge in [0.1, 0.15) is 0 Å². The predicted octanol–water partition coefficient (Wildman–Crippen LogP) is 3.75. The van der Waals surface area contributed by atoms with Crippen LogP contribution < -0.4 is 0 Å². The number of benzene rings is 2. The topological polar surface area (TPSA) is 37.4 Å². The number of amides is 1. The highest BCUT2D eigenvalue weighted by molar-refractivity contribution is 6.01. The zero-order chi connectivity index (χ0) is 17.7. The van der Waals surface area contributed by atoms with Crippen molar-refractivity contribution in [3.05, 3.63) is 71.3 Å². The van der Waals surface area contributed by atoms with E-state index in [4.69, 9.17) is 0 Å². The van der Waals surface area contributed by atoms with Crippen LogP contribution in [0, 0.1) is 0 Å². The molecule has 0 aliphatic heterocycles. The molecule has 2 aromatic carbocycles. The summed E-state index contributed by atoms with van der Waals surface area (Å²) in [6.07, 6.45) is -4.24. The number of hydrogen-bond donors (Lipinski definition) is 0. The lowest BCUT2D eigenvalue weighted by molar-refractivity contribution is -0.0885. The van der Waals surface area contributed by atoms with E-state index in [1.54, 1.807) is 7.05 Å². The molecule has 24 heavy (non-hydrogen) atoms. The van der Waals surface area contributed by atoms with Crippen LogP contribution in [0.1, 0.15) is 26.3 Å². The largest absolute Gasteiger partial charge is 0.454 e. The molecule has 0 aliphatic rings. The van der Waals surface area contributed by atoms with E-state index in [0.717, 1.165) is 17.7 Å². The second-order valence-electron chi connectivity index (χ2n) is 5.37. The van der Waals surface area contributed by atoms with Crippen molar-refractivity contribution in [1.29, 1.82) is 0 Å². The molecule has 0 unspecified atom stereocenters. The summed E-state index contributed by atoms with van der Waals surface area (Å²) in [6.45, 7) is 0.478. The zero-order valence-electron chi connectivity index (χ0n) is 13.0. The molecule has 6 heteroatoms. The minimum absolute atomic E-state index is 0.240. The quantitative estimate of drug-likeness (QED) is 0.781. The Labute approximate surface area is 137 Å². The SMILES string of the molecule is CN(CCc1ccccc1)C(=O)c1ccc(C(=O)C(F)(F)F)cc1. The predicted molar refractivity (Wildman–Crippen MR) is 83.9 cm³/mol. The number of carbonyl (C=O) groups excluding carboxylic acids is 2. The fourth-order valence-electron chi connectivity index (χ4n) is 2.19. The lowest BCUT2D eigenvalue weighted by Gasteiger charge is -2.17. The van der Waals surface area contributed by atoms with Gasteiger partial charge in [-0.2, -0.15) is 13.2 Å². The van der Waals surface area contributed by atoms with Crippen LogP contribution in [0.4, 0.5) is 13.2 Å². The fraction of sp³-hybridized carbons (Fsp3) is 0.222. The number of likely N-dealkylation sites (N-methyl/N-ethyl adjacent to an activating group) is 1. The number of nitrogens with zero attached hydrogens (tertiary/aromatic N) is 1. The first-order valence-electron chi connectivity index (χ1n) is 7.30. The first kappa shape index (κ1) is 17.7. The second-order valence-corrected chi connectivity index (χ2v) is 5.37. The lowest BCUT2D eigenvalue weighted by atomic mass is 10.1. The molecule has 0 aliphatic carbocycles. The van der Waals surface area contributed by atoms with Crippen molar-refractivity contribution >= 4 is 11.7 Å². The second kappa shape index (κ2) is 7.29. The van der Waals surface area contributed by atoms with Crippen LogP contribution in [-0.4, -0.2) is 36.4 Å². The maximum atomic E-state index is 12.4. The van der Waals surface area contributed by atoms with E-state index in [2.05, 4.69) is 0 Å². The lowest BCUT2D eigenvalue weighted by Crippen LogP contribution is -2.29. The monoisotopic (exact) mass is 335 g/mol. The van der Waals surface area contributed by atoms with Gasteiger partial charge in [0, 0.05) is 24.7 Å². The summed E-state index contributed by atoms with van der Waals surface area (Å²) >= 11 is 0. The summed E-state index contributed by atoms with van der Waals surface area (Å²) in [4.78, 5) is 24.9. The van der Waals surface area contributed by atoms with E-state index in [9.17, 15) is 22.8 Å². The molecule has 0 spiro atoms. The Morgan fingerprint density at radius 1 is 0.917 bits per heavy atom. The maximum absolute atomic E-state index is 12.4. The zero-order valence-corrected chi connectivity index (χ0v) is 13.0. The summed E-state index contributed by atoms with van der Waals surface area (Å²) in [6, 6.07) is 14.2. The van der Waals surface area contributed by atoms with Crippen LogP contribution in [0.2, 0.25) is 0 Å². The molecule has 2 rings (SSSR count). The molecule has 0 heterocycles. The van der Waals surface area contributed by atoms with Crippen molar-refractivity contribution in [2.45, 2.75) is 12.6 Å². The van der Waals surface area contributed by atoms with Crippen molar-refractivity contribution in [2.24, 2.45) is 0 Å². The molecule has 0 aromatic heterocycles. The summed E-state index contributed by atoms with van der Waals surface area (Å²) in [7, 11) is 1.63. The van der Waals surface area contributed by atoms with E-state index in [1.807, 2.05) is 30.3 Å². The Kier molecular flexibility index (Phi) is 5.39. The molecule has 0 saturated heterocycles. The van der Waals surface area contributed by atoms with Crippen LogP contribution in [-0.2, 0) is 6.42 Å². The van der Waals surface area contributed by atoms with E-state index >= 15 is 0 Å². The third-order valence-corrected chi connectivity index (χ3v) is 3.58. The molecule has 1 amide bonds. The van der Waals surface area contributed by atoms with Crippen molar-refractivity contribution in [3.63, 3.8) is 0 Å². The van der Waals surface area contributed by atoms with Gasteiger partial charge in [0.2, 0.25) is 0 Å². The minimum Gasteiger partial charge on any atom is -0.341 e. The summed E-state index contributed by atoms with van der Waals surface area (Å²) in [5, 5.41) is 0. The van der Waals surface area contributed by atoms with Crippen LogP contribution >= 0.6 is 0 Å². The minimum atomic E-state index is -4.92. The van der Waals surface area contributed by atoms with Crippen LogP contribution in [0.15, 0.2) is 54.6 Å². The Bertz CT molecular complexity index is 709. The van der Waals surface area contributed by atoms with Gasteiger partial charge in [0.15, 0.2) is 0 Å². The number of halogens is 3. The smallest absolute Gasteiger partial charge is 0.341 e. The molecule has 0 N–H and O–H groups in total. The van der Waals surface area contributed by atoms with Gasteiger partial charge in [0.25, 0.3) is 11.7 Å². The number of rotatable bonds is 5. The maximum Gasteiger partial charge on any atom is 0.454 e. The third kappa shape index (κ3) is 4.44. The Morgan fingerprint density at radius 2 is 1.46 bits per heavy atom. The standard InChI is InChI=1S/C18H16F3NO2/c1-22(12-11-13-5-3-2-4-6-13)17(24)15-9-7-14(8-10-15)16(23)18(19,20)21/h2-10H,11-12H2,1H3. The Morgan fingerprint density at radius 3 is 2.00 bits per heavy atom. The molecule has 0 bridgehead atoms. The number of ketones is 1. The molecule has 0 radical (unpaired) electrons. The summed E-state index contributed by atoms with van der Waals surface area (Å²) in [5.74, 6) is -2.23. The van der Waals surface area contributed by atoms with Gasteiger partial charge >= 0.3 is 6.18 Å². The molecule has 0 saturated carbocycles. The van der Waals surface area contributed by atoms with Gasteiger partial charge in [0.05, 0.1) is 0 Å². The molecule has 126 valence electrons. The van der Waals surface area contributed by atoms with Gasteiger partial charge in [-0.15, -0.1) is 0 Å². The number of Topliss-reactive ketones (excluding diaryl/α,β-unsaturated/α-hetero) is 1. The van der Waals surface area contributed by atoms with Gasteiger partial charge < -0.3 is 4.90 Å². The highest BCUT2D eigenvalue weighted by Crippen LogP contribution is 2.21. The van der Waals surface area contributed by atoms with Crippen LogP contribution in [0.5, 0.6) is 0 Å². The average molecular weight is 335 g/mol. The highest BCUT2D eigenvalue weighted by Gasteiger charge is 2.39. The first-order valence-corrected chi connectivity index (χ1v) is 7.30. The normalized spacial score (nSPS) is 11.2. The molecule has 3 nitrogen and oxygen atoms in total. The first-order chi connectivity index (χ1) is 11.3. The number of hydrogen-bond acceptors (Lipinski definition) is 2. The van der Waals surface area contributed by atoms with Crippen LogP contribution in [0.25, 0.3) is 0 Å². The van der Waals surface area contributed by atoms with Gasteiger partial charge in [-0.25, -0.2) is 0 Å². The van der Waals surface area contributed by atoms with E-state index in [0.29, 0.717) is 13.0 Å². The van der Waals surface area contributed by atoms with Crippen molar-refractivity contribution in [3.8, 4) is 0 Å². The van der Waals surface area contributed by atoms with Gasteiger partial charge in [-0.1, -0.05) is 42.5 Å². The van der Waals surface area contributed by atoms with E-state index in [-0.39, 0.29) is 11.5 Å². The van der Waals surface area contributed by atoms with Crippen molar-refractivity contribution < 1.29 is 22.8 Å². The molecule has 2 aromatic rings. The average Bonchev–Trinajstić information content (AvgIpc) is 2.58. The van der Waals surface area contributed by atoms with Gasteiger partial charge in [-0.3, -0.25) is 9.59 Å². The molecule has 0 fully saturated rings. The summed E-state index contributed by atoms with van der Waals surface area (Å²) in [5.41, 5.74) is 0.846. The fourth-order valence-corrected chi connectivity index (χ4v) is 2.19.